The first-order valence-corrected chi connectivity index (χ1v) is 7.15. The maximum Gasteiger partial charge on any atom is 0.195 e. The van der Waals surface area contributed by atoms with E-state index >= 15 is 0 Å². The summed E-state index contributed by atoms with van der Waals surface area (Å²) >= 11 is 6.85. The molecule has 0 aliphatic heterocycles. The number of nitrogens with one attached hydrogen (secondary N) is 1. The Morgan fingerprint density at radius 1 is 1.50 bits per heavy atom. The van der Waals surface area contributed by atoms with Crippen LogP contribution in [0.15, 0.2) is 5.38 Å². The molecule has 0 aromatic carbocycles. The fourth-order valence-electron chi connectivity index (χ4n) is 1.65. The fraction of sp³-hybridized carbons (Fsp3) is 0.545. The summed E-state index contributed by atoms with van der Waals surface area (Å²) < 4.78 is 2.61. The zero-order valence-electron chi connectivity index (χ0n) is 10.8. The van der Waals surface area contributed by atoms with Crippen LogP contribution in [0.1, 0.15) is 11.9 Å². The van der Waals surface area contributed by atoms with Crippen molar-refractivity contribution in [1.29, 1.82) is 0 Å². The lowest BCUT2D eigenvalue weighted by Crippen LogP contribution is -2.14. The van der Waals surface area contributed by atoms with E-state index < -0.39 is 0 Å². The molecule has 2 aromatic rings. The van der Waals surface area contributed by atoms with Crippen LogP contribution in [0.4, 0.5) is 0 Å². The molecule has 2 heterocycles. The highest BCUT2D eigenvalue weighted by atomic mass is 32.1. The zero-order valence-corrected chi connectivity index (χ0v) is 12.4. The molecule has 2 rings (SSSR count). The van der Waals surface area contributed by atoms with Crippen LogP contribution in [0.2, 0.25) is 0 Å². The van der Waals surface area contributed by atoms with Gasteiger partial charge >= 0.3 is 0 Å². The lowest BCUT2D eigenvalue weighted by atomic mass is 10.4. The first kappa shape index (κ1) is 13.4. The smallest absolute Gasteiger partial charge is 0.195 e. The summed E-state index contributed by atoms with van der Waals surface area (Å²) in [5, 5.41) is 10.2. The summed E-state index contributed by atoms with van der Waals surface area (Å²) in [5.41, 5.74) is 0.906. The van der Waals surface area contributed by atoms with E-state index in [2.05, 4.69) is 34.2 Å². The van der Waals surface area contributed by atoms with E-state index in [4.69, 9.17) is 12.2 Å². The monoisotopic (exact) mass is 283 g/mol. The summed E-state index contributed by atoms with van der Waals surface area (Å²) in [6, 6.07) is 0. The maximum absolute atomic E-state index is 5.18. The van der Waals surface area contributed by atoms with E-state index in [1.807, 2.05) is 16.9 Å². The van der Waals surface area contributed by atoms with Crippen molar-refractivity contribution in [3.05, 3.63) is 15.2 Å². The third-order valence-electron chi connectivity index (χ3n) is 2.63. The first-order valence-electron chi connectivity index (χ1n) is 5.86. The standard InChI is InChI=1S/C11H17N5S2/c1-4-16-10(13-14-11(16)17)8-7-18-9(12-8)5-6-15(2)3/h7H,4-6H2,1-3H3,(H,14,17). The molecule has 7 heteroatoms. The van der Waals surface area contributed by atoms with Crippen molar-refractivity contribution in [1.82, 2.24) is 24.6 Å². The normalized spacial score (nSPS) is 11.3. The Balaban J connectivity index is 2.21. The molecule has 0 spiro atoms. The molecule has 18 heavy (non-hydrogen) atoms. The molecule has 2 aromatic heterocycles. The van der Waals surface area contributed by atoms with Gasteiger partial charge in [0.25, 0.3) is 0 Å². The SMILES string of the molecule is CCn1c(-c2csc(CCN(C)C)n2)n[nH]c1=S. The minimum Gasteiger partial charge on any atom is -0.309 e. The van der Waals surface area contributed by atoms with E-state index in [9.17, 15) is 0 Å². The molecule has 1 N–H and O–H groups in total. The average Bonchev–Trinajstić information content (AvgIpc) is 2.92. The van der Waals surface area contributed by atoms with E-state index in [-0.39, 0.29) is 0 Å². The minimum absolute atomic E-state index is 0.648. The van der Waals surface area contributed by atoms with E-state index in [0.29, 0.717) is 4.77 Å². The Kier molecular flexibility index (Phi) is 4.26. The molecule has 0 aliphatic rings. The molecule has 98 valence electrons. The lowest BCUT2D eigenvalue weighted by Gasteiger charge is -2.06. The second-order valence-electron chi connectivity index (χ2n) is 4.28. The number of rotatable bonds is 5. The average molecular weight is 283 g/mol. The van der Waals surface area contributed by atoms with Crippen molar-refractivity contribution in [3.63, 3.8) is 0 Å². The van der Waals surface area contributed by atoms with Gasteiger partial charge in [-0.25, -0.2) is 4.98 Å². The lowest BCUT2D eigenvalue weighted by molar-refractivity contribution is 0.413. The second-order valence-corrected chi connectivity index (χ2v) is 5.61. The van der Waals surface area contributed by atoms with Gasteiger partial charge in [0.1, 0.15) is 5.69 Å². The van der Waals surface area contributed by atoms with Crippen LogP contribution in [0.3, 0.4) is 0 Å². The summed E-state index contributed by atoms with van der Waals surface area (Å²) in [6.07, 6.45) is 0.967. The van der Waals surface area contributed by atoms with Gasteiger partial charge in [-0.1, -0.05) is 0 Å². The van der Waals surface area contributed by atoms with Crippen LogP contribution in [0.5, 0.6) is 0 Å². The predicted octanol–water partition coefficient (Wildman–Crippen LogP) is 2.19. The molecule has 0 saturated carbocycles. The number of aromatic nitrogens is 4. The molecule has 0 aliphatic carbocycles. The Labute approximate surface area is 115 Å². The molecule has 0 fully saturated rings. The van der Waals surface area contributed by atoms with Gasteiger partial charge in [-0.2, -0.15) is 5.10 Å². The number of H-pyrrole nitrogens is 1. The van der Waals surface area contributed by atoms with Gasteiger partial charge in [0, 0.05) is 24.9 Å². The number of aromatic amines is 1. The summed E-state index contributed by atoms with van der Waals surface area (Å²) in [4.78, 5) is 6.77. The van der Waals surface area contributed by atoms with Crippen LogP contribution in [-0.4, -0.2) is 45.3 Å². The highest BCUT2D eigenvalue weighted by Crippen LogP contribution is 2.20. The number of thiazole rings is 1. The van der Waals surface area contributed by atoms with Gasteiger partial charge in [0.2, 0.25) is 0 Å². The highest BCUT2D eigenvalue weighted by Gasteiger charge is 2.11. The van der Waals surface area contributed by atoms with Crippen LogP contribution in [-0.2, 0) is 13.0 Å². The van der Waals surface area contributed by atoms with Crippen molar-refractivity contribution < 1.29 is 0 Å². The Morgan fingerprint density at radius 2 is 2.28 bits per heavy atom. The maximum atomic E-state index is 5.18. The number of likely N-dealkylation sites (N-methyl/N-ethyl adjacent to an activating group) is 1. The second kappa shape index (κ2) is 5.73. The van der Waals surface area contributed by atoms with Crippen molar-refractivity contribution in [3.8, 4) is 11.5 Å². The Bertz CT molecular complexity index is 566. The van der Waals surface area contributed by atoms with E-state index in [1.165, 1.54) is 0 Å². The van der Waals surface area contributed by atoms with Crippen molar-refractivity contribution in [2.75, 3.05) is 20.6 Å². The van der Waals surface area contributed by atoms with Gasteiger partial charge in [0.05, 0.1) is 5.01 Å². The van der Waals surface area contributed by atoms with Crippen LogP contribution in [0.25, 0.3) is 11.5 Å². The molecule has 0 atom stereocenters. The predicted molar refractivity (Wildman–Crippen MR) is 76.5 cm³/mol. The molecule has 0 amide bonds. The van der Waals surface area contributed by atoms with Gasteiger partial charge in [-0.05, 0) is 33.2 Å². The molecular weight excluding hydrogens is 266 g/mol. The first-order chi connectivity index (χ1) is 8.61. The number of hydrogen-bond donors (Lipinski definition) is 1. The molecule has 0 radical (unpaired) electrons. The number of nitrogens with zero attached hydrogens (tertiary/aromatic N) is 4. The Morgan fingerprint density at radius 3 is 2.94 bits per heavy atom. The summed E-state index contributed by atoms with van der Waals surface area (Å²) in [7, 11) is 4.13. The van der Waals surface area contributed by atoms with Crippen LogP contribution < -0.4 is 0 Å². The Hall–Kier alpha value is -1.05. The van der Waals surface area contributed by atoms with Crippen LogP contribution >= 0.6 is 23.6 Å². The van der Waals surface area contributed by atoms with Gasteiger partial charge < -0.3 is 4.90 Å². The van der Waals surface area contributed by atoms with Crippen molar-refractivity contribution in [2.45, 2.75) is 19.9 Å². The molecule has 0 saturated heterocycles. The molecular formula is C11H17N5S2. The fourth-order valence-corrected chi connectivity index (χ4v) is 2.68. The van der Waals surface area contributed by atoms with Gasteiger partial charge in [-0.15, -0.1) is 11.3 Å². The third-order valence-corrected chi connectivity index (χ3v) is 3.85. The zero-order chi connectivity index (χ0) is 13.1. The summed E-state index contributed by atoms with van der Waals surface area (Å²) in [5.74, 6) is 0.829. The molecule has 5 nitrogen and oxygen atoms in total. The van der Waals surface area contributed by atoms with Crippen molar-refractivity contribution in [2.24, 2.45) is 0 Å². The minimum atomic E-state index is 0.648. The number of hydrogen-bond acceptors (Lipinski definition) is 5. The quantitative estimate of drug-likeness (QED) is 0.855. The molecule has 0 unspecified atom stereocenters. The summed E-state index contributed by atoms with van der Waals surface area (Å²) in [6.45, 7) is 3.86. The van der Waals surface area contributed by atoms with Crippen LogP contribution in [0, 0.1) is 4.77 Å². The van der Waals surface area contributed by atoms with Gasteiger partial charge in [-0.3, -0.25) is 9.67 Å². The van der Waals surface area contributed by atoms with Crippen molar-refractivity contribution >= 4 is 23.6 Å². The van der Waals surface area contributed by atoms with E-state index in [1.54, 1.807) is 11.3 Å². The highest BCUT2D eigenvalue weighted by molar-refractivity contribution is 7.71. The molecule has 0 bridgehead atoms. The largest absolute Gasteiger partial charge is 0.309 e. The van der Waals surface area contributed by atoms with Gasteiger partial charge in [0.15, 0.2) is 10.6 Å². The third kappa shape index (κ3) is 2.85. The topological polar surface area (TPSA) is 49.7 Å². The van der Waals surface area contributed by atoms with E-state index in [0.717, 1.165) is 36.0 Å².